The number of nitrogens with zero attached hydrogens (tertiary/aromatic N) is 5. The van der Waals surface area contributed by atoms with Gasteiger partial charge in [0.1, 0.15) is 0 Å². The maximum atomic E-state index is 11.0. The molecule has 2 aromatic rings. The van der Waals surface area contributed by atoms with Crippen LogP contribution in [0, 0.1) is 0 Å². The lowest BCUT2D eigenvalue weighted by Crippen LogP contribution is -2.09. The Hall–Kier alpha value is -2.16. The minimum atomic E-state index is -0.361. The van der Waals surface area contributed by atoms with Gasteiger partial charge in [-0.25, -0.2) is 4.68 Å². The van der Waals surface area contributed by atoms with Gasteiger partial charge in [0.05, 0.1) is 12.9 Å². The molecule has 0 saturated carbocycles. The Morgan fingerprint density at radius 2 is 2.33 bits per heavy atom. The third-order valence-electron chi connectivity index (χ3n) is 1.88. The Kier molecular flexibility index (Phi) is 3.72. The van der Waals surface area contributed by atoms with Crippen LogP contribution in [0.2, 0.25) is 0 Å². The van der Waals surface area contributed by atoms with Gasteiger partial charge in [-0.1, -0.05) is 11.8 Å². The summed E-state index contributed by atoms with van der Waals surface area (Å²) in [7, 11) is 1.32. The van der Waals surface area contributed by atoms with Crippen molar-refractivity contribution in [2.45, 2.75) is 5.16 Å². The second-order valence-corrected chi connectivity index (χ2v) is 4.03. The summed E-state index contributed by atoms with van der Waals surface area (Å²) in [5.41, 5.74) is 5.57. The Balaban J connectivity index is 2.19. The van der Waals surface area contributed by atoms with E-state index in [2.05, 4.69) is 24.8 Å². The van der Waals surface area contributed by atoms with Gasteiger partial charge in [0.15, 0.2) is 5.16 Å². The smallest absolute Gasteiger partial charge is 0.316 e. The highest BCUT2D eigenvalue weighted by Gasteiger charge is 2.09. The second-order valence-electron chi connectivity index (χ2n) is 3.09. The monoisotopic (exact) mass is 266 g/mol. The topological polar surface area (TPSA) is 109 Å². The lowest BCUT2D eigenvalue weighted by Gasteiger charge is -2.03. The highest BCUT2D eigenvalue weighted by atomic mass is 32.2. The fraction of sp³-hybridized carbons (Fsp3) is 0.222. The minimum Gasteiger partial charge on any atom is -0.468 e. The third kappa shape index (κ3) is 2.94. The predicted molar refractivity (Wildman–Crippen MR) is 64.1 cm³/mol. The lowest BCUT2D eigenvalue weighted by molar-refractivity contribution is -0.137. The first-order chi connectivity index (χ1) is 8.69. The van der Waals surface area contributed by atoms with Crippen molar-refractivity contribution < 1.29 is 9.53 Å². The van der Waals surface area contributed by atoms with Crippen LogP contribution in [0.5, 0.6) is 0 Å². The number of anilines is 1. The fourth-order valence-corrected chi connectivity index (χ4v) is 1.77. The molecule has 0 radical (unpaired) electrons. The standard InChI is InChI=1S/C9H10N6O2S/c1-17-6(16)5-18-9-13-7(10)12-8(14-9)15-4-2-3-11-15/h2-4H,5H2,1H3,(H2,10,12,13,14). The molecule has 2 rings (SSSR count). The Labute approximate surface area is 107 Å². The van der Waals surface area contributed by atoms with E-state index in [1.165, 1.54) is 11.8 Å². The Morgan fingerprint density at radius 1 is 1.50 bits per heavy atom. The molecule has 0 atom stereocenters. The molecule has 0 fully saturated rings. The average molecular weight is 266 g/mol. The second kappa shape index (κ2) is 5.45. The molecule has 0 aliphatic rings. The molecule has 2 heterocycles. The largest absolute Gasteiger partial charge is 0.468 e. The number of aromatic nitrogens is 5. The molecule has 0 aliphatic heterocycles. The zero-order valence-corrected chi connectivity index (χ0v) is 10.3. The zero-order chi connectivity index (χ0) is 13.0. The van der Waals surface area contributed by atoms with Gasteiger partial charge in [-0.05, 0) is 6.07 Å². The Morgan fingerprint density at radius 3 is 3.00 bits per heavy atom. The fourth-order valence-electron chi connectivity index (χ4n) is 1.10. The highest BCUT2D eigenvalue weighted by Crippen LogP contribution is 2.14. The number of hydrogen-bond donors (Lipinski definition) is 1. The molecular weight excluding hydrogens is 256 g/mol. The van der Waals surface area contributed by atoms with Crippen molar-refractivity contribution >= 4 is 23.7 Å². The van der Waals surface area contributed by atoms with E-state index in [1.807, 2.05) is 0 Å². The number of hydrogen-bond acceptors (Lipinski definition) is 8. The van der Waals surface area contributed by atoms with Crippen molar-refractivity contribution in [3.05, 3.63) is 18.5 Å². The first kappa shape index (κ1) is 12.3. The summed E-state index contributed by atoms with van der Waals surface area (Å²) in [5, 5.41) is 4.33. The van der Waals surface area contributed by atoms with Crippen LogP contribution in [0.4, 0.5) is 5.95 Å². The van der Waals surface area contributed by atoms with Crippen LogP contribution in [0.15, 0.2) is 23.6 Å². The number of carbonyl (C=O) groups excluding carboxylic acids is 1. The molecule has 0 saturated heterocycles. The van der Waals surface area contributed by atoms with Gasteiger partial charge < -0.3 is 10.5 Å². The molecule has 0 amide bonds. The molecule has 0 bridgehead atoms. The van der Waals surface area contributed by atoms with Crippen molar-refractivity contribution in [3.63, 3.8) is 0 Å². The van der Waals surface area contributed by atoms with E-state index in [4.69, 9.17) is 5.73 Å². The van der Waals surface area contributed by atoms with Crippen LogP contribution in [0.25, 0.3) is 5.95 Å². The summed E-state index contributed by atoms with van der Waals surface area (Å²) in [6, 6.07) is 1.74. The normalized spacial score (nSPS) is 10.3. The van der Waals surface area contributed by atoms with Crippen LogP contribution < -0.4 is 5.73 Å². The maximum absolute atomic E-state index is 11.0. The van der Waals surface area contributed by atoms with E-state index < -0.39 is 0 Å². The number of esters is 1. The SMILES string of the molecule is COC(=O)CSc1nc(N)nc(-n2cccn2)n1. The van der Waals surface area contributed by atoms with Crippen LogP contribution in [-0.4, -0.2) is 43.6 Å². The van der Waals surface area contributed by atoms with E-state index >= 15 is 0 Å². The van der Waals surface area contributed by atoms with Crippen molar-refractivity contribution in [1.29, 1.82) is 0 Å². The van der Waals surface area contributed by atoms with E-state index in [0.717, 1.165) is 11.8 Å². The van der Waals surface area contributed by atoms with Gasteiger partial charge in [-0.2, -0.15) is 20.1 Å². The van der Waals surface area contributed by atoms with E-state index in [9.17, 15) is 4.79 Å². The minimum absolute atomic E-state index is 0.0721. The molecule has 2 aromatic heterocycles. The number of nitrogen functional groups attached to an aromatic ring is 1. The van der Waals surface area contributed by atoms with Gasteiger partial charge in [0.2, 0.25) is 5.95 Å². The number of methoxy groups -OCH3 is 1. The first-order valence-corrected chi connectivity index (χ1v) is 5.89. The predicted octanol–water partition coefficient (Wildman–Crippen LogP) is -0.0954. The summed E-state index contributed by atoms with van der Waals surface area (Å²) in [5.74, 6) is 0.126. The lowest BCUT2D eigenvalue weighted by atomic mass is 10.7. The number of ether oxygens (including phenoxy) is 1. The Bertz CT molecular complexity index is 544. The van der Waals surface area contributed by atoms with Gasteiger partial charge in [0, 0.05) is 12.4 Å². The summed E-state index contributed by atoms with van der Waals surface area (Å²) in [4.78, 5) is 23.0. The number of carbonyl (C=O) groups is 1. The van der Waals surface area contributed by atoms with Crippen molar-refractivity contribution in [2.24, 2.45) is 0 Å². The highest BCUT2D eigenvalue weighted by molar-refractivity contribution is 7.99. The summed E-state index contributed by atoms with van der Waals surface area (Å²) >= 11 is 1.12. The molecule has 94 valence electrons. The summed E-state index contributed by atoms with van der Waals surface area (Å²) < 4.78 is 5.98. The van der Waals surface area contributed by atoms with Gasteiger partial charge in [0.25, 0.3) is 5.95 Å². The number of nitrogens with two attached hydrogens (primary N) is 1. The van der Waals surface area contributed by atoms with E-state index in [0.29, 0.717) is 11.1 Å². The van der Waals surface area contributed by atoms with Crippen LogP contribution >= 0.6 is 11.8 Å². The molecule has 0 aliphatic carbocycles. The van der Waals surface area contributed by atoms with Gasteiger partial charge >= 0.3 is 5.97 Å². The van der Waals surface area contributed by atoms with Crippen LogP contribution in [0.1, 0.15) is 0 Å². The van der Waals surface area contributed by atoms with E-state index in [-0.39, 0.29) is 17.7 Å². The molecule has 0 spiro atoms. The van der Waals surface area contributed by atoms with Crippen LogP contribution in [-0.2, 0) is 9.53 Å². The number of thioether (sulfide) groups is 1. The molecule has 9 heteroatoms. The van der Waals surface area contributed by atoms with Gasteiger partial charge in [-0.3, -0.25) is 4.79 Å². The molecule has 18 heavy (non-hydrogen) atoms. The number of rotatable bonds is 4. The van der Waals surface area contributed by atoms with Crippen molar-refractivity contribution in [3.8, 4) is 5.95 Å². The molecule has 8 nitrogen and oxygen atoms in total. The molecule has 2 N–H and O–H groups in total. The van der Waals surface area contributed by atoms with Crippen molar-refractivity contribution in [1.82, 2.24) is 24.7 Å². The van der Waals surface area contributed by atoms with Crippen LogP contribution in [0.3, 0.4) is 0 Å². The molecule has 0 aromatic carbocycles. The maximum Gasteiger partial charge on any atom is 0.316 e. The zero-order valence-electron chi connectivity index (χ0n) is 9.48. The molecular formula is C9H10N6O2S. The van der Waals surface area contributed by atoms with Gasteiger partial charge in [-0.15, -0.1) is 0 Å². The first-order valence-electron chi connectivity index (χ1n) is 4.90. The summed E-state index contributed by atoms with van der Waals surface area (Å²) in [6.07, 6.45) is 3.28. The van der Waals surface area contributed by atoms with Crippen molar-refractivity contribution in [2.75, 3.05) is 18.6 Å². The molecule has 0 unspecified atom stereocenters. The third-order valence-corrected chi connectivity index (χ3v) is 2.70. The van der Waals surface area contributed by atoms with E-state index in [1.54, 1.807) is 18.5 Å². The average Bonchev–Trinajstić information content (AvgIpc) is 2.89. The quantitative estimate of drug-likeness (QED) is 0.603. The summed E-state index contributed by atoms with van der Waals surface area (Å²) in [6.45, 7) is 0.